The molecule has 67 nitrogen and oxygen atoms in total. The Labute approximate surface area is 670 Å². The van der Waals surface area contributed by atoms with Crippen LogP contribution >= 0.6 is 93.9 Å². The lowest BCUT2D eigenvalue weighted by molar-refractivity contribution is -0.0503. The van der Waals surface area contributed by atoms with Gasteiger partial charge in [0.05, 0.1) is 70.0 Å². The third-order valence-corrected chi connectivity index (χ3v) is 30.9. The summed E-state index contributed by atoms with van der Waals surface area (Å²) >= 11 is 0. The maximum absolute atomic E-state index is 11.9. The summed E-state index contributed by atoms with van der Waals surface area (Å²) < 4.78 is 211. The molecule has 27 N–H and O–H groups in total. The van der Waals surface area contributed by atoms with Crippen LogP contribution in [-0.4, -0.2) is 241 Å². The topological polar surface area (TPSA) is 1020 Å². The van der Waals surface area contributed by atoms with Crippen LogP contribution in [0.3, 0.4) is 0 Å². The minimum Gasteiger partial charge on any atom is -0.388 e. The van der Waals surface area contributed by atoms with E-state index in [9.17, 15) is 89.7 Å². The smallest absolute Gasteiger partial charge is 0.388 e. The molecule has 4 aliphatic rings. The largest absolute Gasteiger partial charge is 0.490 e. The van der Waals surface area contributed by atoms with Crippen molar-refractivity contribution in [3.63, 3.8) is 0 Å². The minimum atomic E-state index is -5.70. The number of aliphatic hydroxyl groups excluding tert-OH is 3. The Bertz CT molecular complexity index is 5500. The van der Waals surface area contributed by atoms with Gasteiger partial charge < -0.3 is 135 Å². The Morgan fingerprint density at radius 2 is 0.636 bits per heavy atom. The van der Waals surface area contributed by atoms with Crippen molar-refractivity contribution in [2.45, 2.75) is 101 Å². The number of hydrogen-bond donors (Lipinski definition) is 23. The number of aromatic nitrogens is 16. The highest BCUT2D eigenvalue weighted by Gasteiger charge is 2.50. The number of rotatable bonds is 32. The number of anilines is 4. The quantitative estimate of drug-likeness (QED) is 0.0228. The lowest BCUT2D eigenvalue weighted by Gasteiger charge is -2.19. The average molecular weight is 1980 g/mol. The molecule has 12 heterocycles. The predicted molar refractivity (Wildman–Crippen MR) is 384 cm³/mol. The third kappa shape index (κ3) is 28.1. The molecule has 21 atom stereocenters. The second-order valence-electron chi connectivity index (χ2n) is 24.5. The summed E-state index contributed by atoms with van der Waals surface area (Å²) in [5.74, 6) is -0.340. The molecule has 4 saturated heterocycles. The number of fused-ring (bicyclic) bond motifs is 4. The number of phosphoric ester groups is 4. The first kappa shape index (κ1) is 99.5. The Hall–Kier alpha value is -5.24. The van der Waals surface area contributed by atoms with E-state index in [-0.39, 0.29) is 51.5 Å². The molecule has 678 valence electrons. The molecular weight excluding hydrogens is 1910 g/mol. The second kappa shape index (κ2) is 38.4. The fraction of sp³-hybridized carbons (Fsp3) is 0.524. The zero-order valence-corrected chi connectivity index (χ0v) is 70.6. The summed E-state index contributed by atoms with van der Waals surface area (Å²) in [5, 5.41) is 30.9. The van der Waals surface area contributed by atoms with Gasteiger partial charge in [0.15, 0.2) is 58.3 Å². The highest BCUT2D eigenvalue weighted by molar-refractivity contribution is 7.68. The first-order valence-corrected chi connectivity index (χ1v) is 50.1. The molecule has 8 aromatic rings. The molecule has 4 fully saturated rings. The standard InChI is InChI=1S/C11H18N5O12P3.C11H18N5O11P3.C10H16N5O13P3.C10H16N5O11P3/c1-5-6(2-25-30(21,22)28-31(23,24)27-29(18,19)20)26-11(8(5)17)16-4-15-7-9(12)13-3-14-10(7)16;1-6-2-8(16-5-15-9-10(12)13-4-14-11(9)16)25-7(6)3-24-29(20,21)27-30(22,23)26-28(17,18)19;11-8-5-9(13-2-12-8)15(3-14-5)10-7(17)6(16)4(26-10)1-25-30(21,22)28-31(23,24)27-29(18,19)20;11-9-8-10(13-4-12-9)15(5-14-8)7-2-1-6(24-7)3-23-28(19,20)26-29(21,22)25-27(16,17)18/h3-6,8,11,17H,2H2,1H3,(H,21,22)(H,23,24)(H2,12,13,14)(H2,18,19,20);4-8H,2-3H2,1H3,(H,20,21)(H,22,23)(H2,12,13,14)(H2,17,18,19);2-4,6-7,10,16-17H,1H2,(H,21,22)(H,23,24)(H2,11,12,13)(H2,18,19,20);4-7H,1-3H2,(H,19,20)(H,21,22)(H2,11,12,13)(H2,16,17,18). The summed E-state index contributed by atoms with van der Waals surface area (Å²) in [7, 11) is -65.6. The number of nitrogens with zero attached hydrogens (tertiary/aromatic N) is 16. The van der Waals surface area contributed by atoms with Gasteiger partial charge in [0.2, 0.25) is 0 Å². The lowest BCUT2D eigenvalue weighted by Crippen LogP contribution is -2.33. The fourth-order valence-electron chi connectivity index (χ4n) is 10.8. The Kier molecular flexibility index (Phi) is 31.6. The molecule has 0 radical (unpaired) electrons. The maximum atomic E-state index is 11.9. The van der Waals surface area contributed by atoms with Gasteiger partial charge in [0.1, 0.15) is 84.2 Å². The SMILES string of the molecule is CC1C(COP(=O)(O)OP(=O)(O)OP(=O)(O)O)OC(n2cnc3c(N)ncnc32)C1O.CC1CC(n2cnc3c(N)ncnc32)OC1COP(=O)(O)OP(=O)(O)OP(=O)(O)O.Nc1ncnc2c1ncn2C1CCC(COP(=O)(O)OP(=O)(O)OP(=O)(O)O)O1.Nc1ncnc2c1ncn2C1OC(COP(=O)(O)OP(=O)(O)OP(=O)(O)O)C(O)C1O. The van der Waals surface area contributed by atoms with E-state index in [1.165, 1.54) is 60.3 Å². The van der Waals surface area contributed by atoms with Crippen molar-refractivity contribution in [3.05, 3.63) is 50.6 Å². The van der Waals surface area contributed by atoms with Crippen LogP contribution in [-0.2, 0) is 126 Å². The maximum Gasteiger partial charge on any atom is 0.490 e. The molecule has 4 aliphatic heterocycles. The van der Waals surface area contributed by atoms with Gasteiger partial charge in [0, 0.05) is 5.92 Å². The zero-order chi connectivity index (χ0) is 90.1. The molecular formula is C42H68N20O47P12. The molecule has 121 heavy (non-hydrogen) atoms. The van der Waals surface area contributed by atoms with Crippen LogP contribution in [0.5, 0.6) is 0 Å². The summed E-state index contributed by atoms with van der Waals surface area (Å²) in [4.78, 5) is 190. The van der Waals surface area contributed by atoms with E-state index >= 15 is 0 Å². The van der Waals surface area contributed by atoms with Crippen LogP contribution < -0.4 is 22.9 Å². The van der Waals surface area contributed by atoms with Crippen LogP contribution in [0, 0.1) is 11.8 Å². The number of imidazole rings is 4. The average Bonchev–Trinajstić information content (AvgIpc) is 1.62. The molecule has 0 spiro atoms. The van der Waals surface area contributed by atoms with Gasteiger partial charge in [-0.05, 0) is 25.2 Å². The predicted octanol–water partition coefficient (Wildman–Crippen LogP) is -0.878. The van der Waals surface area contributed by atoms with Gasteiger partial charge in [0.25, 0.3) is 0 Å². The molecule has 0 saturated carbocycles. The molecule has 79 heteroatoms. The van der Waals surface area contributed by atoms with Gasteiger partial charge in [-0.15, -0.1) is 0 Å². The first-order chi connectivity index (χ1) is 55.5. The molecule has 0 amide bonds. The van der Waals surface area contributed by atoms with Crippen LogP contribution in [0.15, 0.2) is 50.6 Å². The summed E-state index contributed by atoms with van der Waals surface area (Å²) in [6.45, 7) is 0.588. The van der Waals surface area contributed by atoms with Gasteiger partial charge in [-0.1, -0.05) is 13.8 Å². The molecule has 21 unspecified atom stereocenters. The zero-order valence-electron chi connectivity index (χ0n) is 59.8. The highest BCUT2D eigenvalue weighted by atomic mass is 31.3. The van der Waals surface area contributed by atoms with E-state index in [1.807, 2.05) is 0 Å². The van der Waals surface area contributed by atoms with Crippen molar-refractivity contribution in [3.8, 4) is 0 Å². The van der Waals surface area contributed by atoms with Gasteiger partial charge in [-0.25, -0.2) is 115 Å². The Morgan fingerprint density at radius 1 is 0.339 bits per heavy atom. The molecule has 0 aromatic carbocycles. The number of ether oxygens (including phenoxy) is 4. The van der Waals surface area contributed by atoms with E-state index < -0.39 is 194 Å². The number of phosphoric acid groups is 12. The van der Waals surface area contributed by atoms with E-state index in [1.54, 1.807) is 16.1 Å². The van der Waals surface area contributed by atoms with E-state index in [0.29, 0.717) is 41.6 Å². The summed E-state index contributed by atoms with van der Waals surface area (Å²) in [6.07, 6.45) is -0.232. The van der Waals surface area contributed by atoms with Crippen molar-refractivity contribution in [1.82, 2.24) is 78.1 Å². The molecule has 0 bridgehead atoms. The molecule has 0 aliphatic carbocycles. The van der Waals surface area contributed by atoms with E-state index in [2.05, 4.69) is 112 Å². The van der Waals surface area contributed by atoms with Gasteiger partial charge in [-0.3, -0.25) is 36.4 Å². The minimum absolute atomic E-state index is 0.0426. The summed E-state index contributed by atoms with van der Waals surface area (Å²) in [6, 6.07) is 0. The Morgan fingerprint density at radius 3 is 0.992 bits per heavy atom. The van der Waals surface area contributed by atoms with Crippen molar-refractivity contribution in [2.24, 2.45) is 11.8 Å². The number of aliphatic hydroxyl groups is 3. The first-order valence-electron chi connectivity index (χ1n) is 32.0. The fourth-order valence-corrected chi connectivity index (χ4v) is 22.9. The normalized spacial score (nSPS) is 27.0. The second-order valence-corrected chi connectivity index (χ2v) is 42.2. The highest BCUT2D eigenvalue weighted by Crippen LogP contribution is 2.70. The van der Waals surface area contributed by atoms with Crippen LogP contribution in [0.2, 0.25) is 0 Å². The molecule has 12 rings (SSSR count). The van der Waals surface area contributed by atoms with E-state index in [0.717, 1.165) is 6.33 Å². The number of nitrogens with two attached hydrogens (primary N) is 4. The van der Waals surface area contributed by atoms with Crippen LogP contribution in [0.4, 0.5) is 23.3 Å². The number of nitrogen functional groups attached to an aromatic ring is 4. The van der Waals surface area contributed by atoms with Crippen molar-refractivity contribution in [2.75, 3.05) is 49.4 Å². The third-order valence-electron chi connectivity index (χ3n) is 15.7. The van der Waals surface area contributed by atoms with Gasteiger partial charge in [-0.2, -0.15) is 34.5 Å². The number of hydrogen-bond acceptors (Lipinski definition) is 47. The van der Waals surface area contributed by atoms with Crippen LogP contribution in [0.1, 0.15) is 58.0 Å². The lowest BCUT2D eigenvalue weighted by atomic mass is 10.0. The van der Waals surface area contributed by atoms with Crippen molar-refractivity contribution < 1.29 is 220 Å². The summed E-state index contributed by atoms with van der Waals surface area (Å²) in [5.41, 5.74) is 25.3. The van der Waals surface area contributed by atoms with Crippen LogP contribution in [0.25, 0.3) is 44.7 Å². The van der Waals surface area contributed by atoms with E-state index in [4.69, 9.17) is 101 Å². The van der Waals surface area contributed by atoms with Crippen molar-refractivity contribution >= 4 is 162 Å². The Balaban J connectivity index is 0.000000183. The van der Waals surface area contributed by atoms with Crippen molar-refractivity contribution in [1.29, 1.82) is 0 Å². The monoisotopic (exact) mass is 1980 g/mol. The molecule has 8 aromatic heterocycles. The van der Waals surface area contributed by atoms with Gasteiger partial charge >= 0.3 is 93.9 Å².